The van der Waals surface area contributed by atoms with Crippen LogP contribution in [0.1, 0.15) is 36.2 Å². The molecule has 4 rings (SSSR count). The average molecular weight is 373 g/mol. The van der Waals surface area contributed by atoms with Gasteiger partial charge in [0.1, 0.15) is 6.17 Å². The molecule has 2 aliphatic heterocycles. The SMILES string of the molecule is O=C(NCC1CC(F)CN1C(=O)c1n[nH]c2ccccc12)N1CCCCC1. The smallest absolute Gasteiger partial charge is 0.317 e. The predicted octanol–water partition coefficient (Wildman–Crippen LogP) is 2.31. The zero-order chi connectivity index (χ0) is 18.8. The van der Waals surface area contributed by atoms with E-state index < -0.39 is 6.17 Å². The third-order valence-corrected chi connectivity index (χ3v) is 5.43. The lowest BCUT2D eigenvalue weighted by Crippen LogP contribution is -2.48. The minimum absolute atomic E-state index is 0.0320. The zero-order valence-corrected chi connectivity index (χ0v) is 15.2. The maximum Gasteiger partial charge on any atom is 0.317 e. The fourth-order valence-electron chi connectivity index (χ4n) is 3.98. The molecule has 7 nitrogen and oxygen atoms in total. The molecule has 3 amide bonds. The highest BCUT2D eigenvalue weighted by Crippen LogP contribution is 2.25. The summed E-state index contributed by atoms with van der Waals surface area (Å²) in [5, 5.41) is 10.6. The molecule has 2 saturated heterocycles. The van der Waals surface area contributed by atoms with Gasteiger partial charge in [0, 0.05) is 31.4 Å². The van der Waals surface area contributed by atoms with E-state index in [1.54, 1.807) is 4.90 Å². The van der Waals surface area contributed by atoms with E-state index in [2.05, 4.69) is 15.5 Å². The molecule has 1 aromatic heterocycles. The first kappa shape index (κ1) is 17.8. The lowest BCUT2D eigenvalue weighted by atomic mass is 10.1. The van der Waals surface area contributed by atoms with E-state index in [1.807, 2.05) is 24.3 Å². The van der Waals surface area contributed by atoms with Gasteiger partial charge >= 0.3 is 6.03 Å². The Balaban J connectivity index is 1.44. The van der Waals surface area contributed by atoms with E-state index in [-0.39, 0.29) is 37.5 Å². The first-order valence-electron chi connectivity index (χ1n) is 9.54. The number of aromatic nitrogens is 2. The summed E-state index contributed by atoms with van der Waals surface area (Å²) in [6, 6.07) is 6.87. The van der Waals surface area contributed by atoms with Crippen molar-refractivity contribution in [1.82, 2.24) is 25.3 Å². The molecule has 8 heteroatoms. The third kappa shape index (κ3) is 3.61. The van der Waals surface area contributed by atoms with Gasteiger partial charge in [0.15, 0.2) is 5.69 Å². The minimum Gasteiger partial charge on any atom is -0.336 e. The van der Waals surface area contributed by atoms with Gasteiger partial charge in [-0.2, -0.15) is 5.10 Å². The summed E-state index contributed by atoms with van der Waals surface area (Å²) < 4.78 is 14.1. The standard InChI is InChI=1S/C19H24FN5O2/c20-13-10-14(11-21-19(27)24-8-4-1-5-9-24)25(12-13)18(26)17-15-6-2-3-7-16(15)22-23-17/h2-3,6-7,13-14H,1,4-5,8-12H2,(H,21,27)(H,22,23). The normalized spacial score (nSPS) is 23.0. The number of alkyl halides is 1. The highest BCUT2D eigenvalue weighted by atomic mass is 19.1. The number of hydrogen-bond acceptors (Lipinski definition) is 3. The maximum absolute atomic E-state index is 14.1. The summed E-state index contributed by atoms with van der Waals surface area (Å²) in [6.45, 7) is 1.79. The summed E-state index contributed by atoms with van der Waals surface area (Å²) in [5.41, 5.74) is 1.07. The van der Waals surface area contributed by atoms with Crippen LogP contribution < -0.4 is 5.32 Å². The summed E-state index contributed by atoms with van der Waals surface area (Å²) in [7, 11) is 0. The predicted molar refractivity (Wildman–Crippen MR) is 99.3 cm³/mol. The number of aromatic amines is 1. The van der Waals surface area contributed by atoms with Gasteiger partial charge in [-0.25, -0.2) is 9.18 Å². The Morgan fingerprint density at radius 2 is 2.00 bits per heavy atom. The first-order chi connectivity index (χ1) is 13.1. The molecular weight excluding hydrogens is 349 g/mol. The third-order valence-electron chi connectivity index (χ3n) is 5.43. The monoisotopic (exact) mass is 373 g/mol. The molecule has 2 unspecified atom stereocenters. The Morgan fingerprint density at radius 3 is 2.81 bits per heavy atom. The van der Waals surface area contributed by atoms with Crippen LogP contribution in [0.4, 0.5) is 9.18 Å². The van der Waals surface area contributed by atoms with Crippen LogP contribution in [-0.4, -0.2) is 70.3 Å². The molecule has 0 bridgehead atoms. The first-order valence-corrected chi connectivity index (χ1v) is 9.54. The molecule has 1 aromatic carbocycles. The number of urea groups is 1. The van der Waals surface area contributed by atoms with Crippen LogP contribution in [0.15, 0.2) is 24.3 Å². The van der Waals surface area contributed by atoms with Gasteiger partial charge in [-0.15, -0.1) is 0 Å². The van der Waals surface area contributed by atoms with Gasteiger partial charge in [0.05, 0.1) is 18.1 Å². The largest absolute Gasteiger partial charge is 0.336 e. The number of hydrogen-bond donors (Lipinski definition) is 2. The number of carbonyl (C=O) groups is 2. The topological polar surface area (TPSA) is 81.3 Å². The molecule has 0 saturated carbocycles. The van der Waals surface area contributed by atoms with E-state index in [0.29, 0.717) is 5.69 Å². The highest BCUT2D eigenvalue weighted by Gasteiger charge is 2.37. The molecule has 0 aliphatic carbocycles. The fourth-order valence-corrected chi connectivity index (χ4v) is 3.98. The summed E-state index contributed by atoms with van der Waals surface area (Å²) in [4.78, 5) is 28.6. The Morgan fingerprint density at radius 1 is 1.22 bits per heavy atom. The van der Waals surface area contributed by atoms with Crippen molar-refractivity contribution in [1.29, 1.82) is 0 Å². The van der Waals surface area contributed by atoms with Crippen molar-refractivity contribution in [2.45, 2.75) is 37.9 Å². The second kappa shape index (κ2) is 7.54. The van der Waals surface area contributed by atoms with Crippen molar-refractivity contribution < 1.29 is 14.0 Å². The van der Waals surface area contributed by atoms with Crippen molar-refractivity contribution in [2.75, 3.05) is 26.2 Å². The number of amides is 3. The van der Waals surface area contributed by atoms with Gasteiger partial charge in [0.2, 0.25) is 0 Å². The van der Waals surface area contributed by atoms with Crippen LogP contribution in [0.5, 0.6) is 0 Å². The van der Waals surface area contributed by atoms with E-state index in [4.69, 9.17) is 0 Å². The van der Waals surface area contributed by atoms with E-state index >= 15 is 0 Å². The number of likely N-dealkylation sites (tertiary alicyclic amines) is 2. The molecule has 144 valence electrons. The molecule has 2 aliphatic rings. The van der Waals surface area contributed by atoms with Crippen molar-refractivity contribution in [3.63, 3.8) is 0 Å². The van der Waals surface area contributed by atoms with Gasteiger partial charge in [-0.05, 0) is 25.3 Å². The van der Waals surface area contributed by atoms with Crippen LogP contribution in [-0.2, 0) is 0 Å². The number of benzene rings is 1. The molecule has 3 heterocycles. The number of nitrogens with zero attached hydrogens (tertiary/aromatic N) is 3. The van der Waals surface area contributed by atoms with E-state index in [9.17, 15) is 14.0 Å². The summed E-state index contributed by atoms with van der Waals surface area (Å²) >= 11 is 0. The lowest BCUT2D eigenvalue weighted by Gasteiger charge is -2.29. The second-order valence-corrected chi connectivity index (χ2v) is 7.30. The number of H-pyrrole nitrogens is 1. The number of halogens is 1. The number of fused-ring (bicyclic) bond motifs is 1. The molecule has 2 N–H and O–H groups in total. The van der Waals surface area contributed by atoms with Crippen LogP contribution >= 0.6 is 0 Å². The van der Waals surface area contributed by atoms with Gasteiger partial charge in [-0.1, -0.05) is 18.2 Å². The Hall–Kier alpha value is -2.64. The summed E-state index contributed by atoms with van der Waals surface area (Å²) in [5.74, 6) is -0.301. The number of nitrogens with one attached hydrogen (secondary N) is 2. The number of piperidine rings is 1. The van der Waals surface area contributed by atoms with Gasteiger partial charge < -0.3 is 15.1 Å². The van der Waals surface area contributed by atoms with Gasteiger partial charge in [0.25, 0.3) is 5.91 Å². The Bertz CT molecular complexity index is 832. The minimum atomic E-state index is -1.09. The number of rotatable bonds is 3. The van der Waals surface area contributed by atoms with Crippen molar-refractivity contribution in [3.05, 3.63) is 30.0 Å². The van der Waals surface area contributed by atoms with Crippen molar-refractivity contribution >= 4 is 22.8 Å². The molecular formula is C19H24FN5O2. The van der Waals surface area contributed by atoms with Crippen LogP contribution in [0.25, 0.3) is 10.9 Å². The summed E-state index contributed by atoms with van der Waals surface area (Å²) in [6.07, 6.45) is 2.32. The van der Waals surface area contributed by atoms with Crippen molar-refractivity contribution in [3.8, 4) is 0 Å². The lowest BCUT2D eigenvalue weighted by molar-refractivity contribution is 0.0723. The number of carbonyl (C=O) groups excluding carboxylic acids is 2. The number of para-hydroxylation sites is 1. The Labute approximate surface area is 156 Å². The maximum atomic E-state index is 14.1. The zero-order valence-electron chi connectivity index (χ0n) is 15.2. The molecule has 0 spiro atoms. The average Bonchev–Trinajstić information content (AvgIpc) is 3.29. The highest BCUT2D eigenvalue weighted by molar-refractivity contribution is 6.04. The molecule has 0 radical (unpaired) electrons. The van der Waals surface area contributed by atoms with Crippen LogP contribution in [0.2, 0.25) is 0 Å². The second-order valence-electron chi connectivity index (χ2n) is 7.30. The van der Waals surface area contributed by atoms with E-state index in [1.165, 1.54) is 4.90 Å². The molecule has 2 atom stereocenters. The van der Waals surface area contributed by atoms with Crippen LogP contribution in [0, 0.1) is 0 Å². The molecule has 27 heavy (non-hydrogen) atoms. The molecule has 2 aromatic rings. The van der Waals surface area contributed by atoms with Crippen molar-refractivity contribution in [2.24, 2.45) is 0 Å². The Kier molecular flexibility index (Phi) is 4.96. The quantitative estimate of drug-likeness (QED) is 0.866. The molecule has 2 fully saturated rings. The van der Waals surface area contributed by atoms with Crippen LogP contribution in [0.3, 0.4) is 0 Å². The van der Waals surface area contributed by atoms with Gasteiger partial charge in [-0.3, -0.25) is 9.89 Å². The van der Waals surface area contributed by atoms with E-state index in [0.717, 1.165) is 43.3 Å². The fraction of sp³-hybridized carbons (Fsp3) is 0.526.